The van der Waals surface area contributed by atoms with E-state index in [4.69, 9.17) is 0 Å². The third kappa shape index (κ3) is 3.71. The Kier molecular flexibility index (Phi) is 4.88. The third-order valence-corrected chi connectivity index (χ3v) is 5.27. The van der Waals surface area contributed by atoms with Crippen LogP contribution in [-0.4, -0.2) is 23.7 Å². The fourth-order valence-electron chi connectivity index (χ4n) is 3.75. The summed E-state index contributed by atoms with van der Waals surface area (Å²) in [6.45, 7) is 4.92. The summed E-state index contributed by atoms with van der Waals surface area (Å²) in [5.74, 6) is 1.22. The van der Waals surface area contributed by atoms with Crippen molar-refractivity contribution in [1.82, 2.24) is 5.32 Å². The fourth-order valence-corrected chi connectivity index (χ4v) is 3.75. The van der Waals surface area contributed by atoms with Gasteiger partial charge in [0.1, 0.15) is 0 Å². The number of aliphatic hydroxyl groups is 1. The van der Waals surface area contributed by atoms with E-state index in [1.54, 1.807) is 0 Å². The second kappa shape index (κ2) is 6.25. The van der Waals surface area contributed by atoms with Crippen LogP contribution < -0.4 is 5.32 Å². The number of nitrogens with one attached hydrogen (secondary N) is 1. The topological polar surface area (TPSA) is 49.3 Å². The molecule has 0 aliphatic heterocycles. The van der Waals surface area contributed by atoms with Crippen molar-refractivity contribution in [1.29, 1.82) is 0 Å². The van der Waals surface area contributed by atoms with Crippen molar-refractivity contribution in [3.8, 4) is 0 Å². The van der Waals surface area contributed by atoms with Gasteiger partial charge in [0.25, 0.3) is 0 Å². The second-order valence-corrected chi connectivity index (χ2v) is 7.10. The summed E-state index contributed by atoms with van der Waals surface area (Å²) in [5, 5.41) is 12.8. The lowest BCUT2D eigenvalue weighted by Gasteiger charge is -2.32. The van der Waals surface area contributed by atoms with Gasteiger partial charge in [0.15, 0.2) is 0 Å². The van der Waals surface area contributed by atoms with Crippen LogP contribution >= 0.6 is 0 Å². The normalized spacial score (nSPS) is 29.4. The maximum absolute atomic E-state index is 12.4. The first-order valence-electron chi connectivity index (χ1n) is 7.96. The lowest BCUT2D eigenvalue weighted by atomic mass is 9.76. The first-order valence-corrected chi connectivity index (χ1v) is 7.96. The molecule has 0 bridgehead atoms. The van der Waals surface area contributed by atoms with Crippen molar-refractivity contribution in [2.75, 3.05) is 6.54 Å². The van der Waals surface area contributed by atoms with Gasteiger partial charge in [-0.15, -0.1) is 0 Å². The maximum atomic E-state index is 12.4. The summed E-state index contributed by atoms with van der Waals surface area (Å²) in [6.07, 6.45) is 8.80. The molecule has 1 amide bonds. The molecule has 2 aliphatic carbocycles. The first-order chi connectivity index (χ1) is 9.00. The Labute approximate surface area is 117 Å². The van der Waals surface area contributed by atoms with Crippen LogP contribution in [-0.2, 0) is 4.79 Å². The predicted molar refractivity (Wildman–Crippen MR) is 76.7 cm³/mol. The van der Waals surface area contributed by atoms with Crippen LogP contribution in [0, 0.1) is 17.3 Å². The smallest absolute Gasteiger partial charge is 0.225 e. The zero-order valence-electron chi connectivity index (χ0n) is 12.5. The number of hydrogen-bond donors (Lipinski definition) is 2. The summed E-state index contributed by atoms with van der Waals surface area (Å²) in [7, 11) is 0. The molecular formula is C16H29NO2. The number of hydrogen-bond acceptors (Lipinski definition) is 2. The van der Waals surface area contributed by atoms with Gasteiger partial charge in [-0.2, -0.15) is 0 Å². The highest BCUT2D eigenvalue weighted by Crippen LogP contribution is 2.39. The van der Waals surface area contributed by atoms with Crippen LogP contribution in [0.15, 0.2) is 0 Å². The van der Waals surface area contributed by atoms with Crippen LogP contribution in [0.25, 0.3) is 0 Å². The zero-order valence-corrected chi connectivity index (χ0v) is 12.5. The second-order valence-electron chi connectivity index (χ2n) is 7.10. The average Bonchev–Trinajstić information content (AvgIpc) is 2.90. The van der Waals surface area contributed by atoms with E-state index in [-0.39, 0.29) is 17.4 Å². The van der Waals surface area contributed by atoms with Gasteiger partial charge in [-0.1, -0.05) is 33.1 Å². The maximum Gasteiger partial charge on any atom is 0.225 e. The molecule has 0 aromatic carbocycles. The fraction of sp³-hybridized carbons (Fsp3) is 0.938. The molecule has 0 spiro atoms. The van der Waals surface area contributed by atoms with Gasteiger partial charge < -0.3 is 10.4 Å². The molecule has 2 atom stereocenters. The first kappa shape index (κ1) is 14.8. The molecule has 2 N–H and O–H groups in total. The minimum absolute atomic E-state index is 0.154. The molecule has 0 aromatic rings. The Balaban J connectivity index is 1.79. The van der Waals surface area contributed by atoms with Crippen molar-refractivity contribution in [2.24, 2.45) is 17.3 Å². The summed E-state index contributed by atoms with van der Waals surface area (Å²) in [4.78, 5) is 12.4. The predicted octanol–water partition coefficient (Wildman–Crippen LogP) is 2.87. The van der Waals surface area contributed by atoms with Gasteiger partial charge in [0.2, 0.25) is 5.91 Å². The molecule has 2 fully saturated rings. The molecule has 0 saturated heterocycles. The van der Waals surface area contributed by atoms with Gasteiger partial charge in [-0.3, -0.25) is 4.79 Å². The molecule has 2 saturated carbocycles. The molecule has 2 aliphatic rings. The van der Waals surface area contributed by atoms with Crippen molar-refractivity contribution >= 4 is 5.91 Å². The standard InChI is InChI=1S/C16H29NO2/c1-16(2,13-7-3-4-8-13)15(19)17-11-12-6-5-9-14(18)10-12/h12-14,18H,3-11H2,1-2H3,(H,17,19). The van der Waals surface area contributed by atoms with Gasteiger partial charge in [0.05, 0.1) is 6.10 Å². The lowest BCUT2D eigenvalue weighted by molar-refractivity contribution is -0.132. The van der Waals surface area contributed by atoms with Crippen LogP contribution in [0.2, 0.25) is 0 Å². The number of carbonyl (C=O) groups is 1. The minimum atomic E-state index is -0.232. The number of rotatable bonds is 4. The van der Waals surface area contributed by atoms with E-state index in [0.29, 0.717) is 11.8 Å². The number of amides is 1. The largest absolute Gasteiger partial charge is 0.393 e. The van der Waals surface area contributed by atoms with E-state index in [9.17, 15) is 9.90 Å². The summed E-state index contributed by atoms with van der Waals surface area (Å²) >= 11 is 0. The zero-order chi connectivity index (χ0) is 13.9. The van der Waals surface area contributed by atoms with Gasteiger partial charge in [-0.05, 0) is 43.9 Å². The molecule has 0 heterocycles. The highest BCUT2D eigenvalue weighted by Gasteiger charge is 2.38. The summed E-state index contributed by atoms with van der Waals surface area (Å²) in [5.41, 5.74) is -0.232. The van der Waals surface area contributed by atoms with Gasteiger partial charge in [0, 0.05) is 12.0 Å². The Morgan fingerprint density at radius 1 is 1.16 bits per heavy atom. The van der Waals surface area contributed by atoms with Crippen molar-refractivity contribution < 1.29 is 9.90 Å². The Hall–Kier alpha value is -0.570. The Morgan fingerprint density at radius 3 is 2.47 bits per heavy atom. The molecule has 3 heteroatoms. The van der Waals surface area contributed by atoms with Crippen LogP contribution in [0.1, 0.15) is 65.2 Å². The number of carbonyl (C=O) groups excluding carboxylic acids is 1. The molecule has 2 unspecified atom stereocenters. The van der Waals surface area contributed by atoms with E-state index in [1.165, 1.54) is 25.7 Å². The highest BCUT2D eigenvalue weighted by atomic mass is 16.3. The minimum Gasteiger partial charge on any atom is -0.393 e. The van der Waals surface area contributed by atoms with E-state index in [2.05, 4.69) is 19.2 Å². The van der Waals surface area contributed by atoms with Crippen molar-refractivity contribution in [3.63, 3.8) is 0 Å². The number of aliphatic hydroxyl groups excluding tert-OH is 1. The van der Waals surface area contributed by atoms with Crippen molar-refractivity contribution in [2.45, 2.75) is 71.3 Å². The van der Waals surface area contributed by atoms with E-state index >= 15 is 0 Å². The summed E-state index contributed by atoms with van der Waals surface area (Å²) in [6, 6.07) is 0. The molecular weight excluding hydrogens is 238 g/mol. The van der Waals surface area contributed by atoms with Gasteiger partial charge in [-0.25, -0.2) is 0 Å². The monoisotopic (exact) mass is 267 g/mol. The van der Waals surface area contributed by atoms with E-state index in [1.807, 2.05) is 0 Å². The summed E-state index contributed by atoms with van der Waals surface area (Å²) < 4.78 is 0. The Bertz CT molecular complexity index is 308. The third-order valence-electron chi connectivity index (χ3n) is 5.27. The van der Waals surface area contributed by atoms with Crippen LogP contribution in [0.3, 0.4) is 0 Å². The van der Waals surface area contributed by atoms with Crippen LogP contribution in [0.4, 0.5) is 0 Å². The SMILES string of the molecule is CC(C)(C(=O)NCC1CCCC(O)C1)C1CCCC1. The molecule has 0 aromatic heterocycles. The molecule has 19 heavy (non-hydrogen) atoms. The van der Waals surface area contributed by atoms with E-state index in [0.717, 1.165) is 32.2 Å². The van der Waals surface area contributed by atoms with Crippen molar-refractivity contribution in [3.05, 3.63) is 0 Å². The average molecular weight is 267 g/mol. The quantitative estimate of drug-likeness (QED) is 0.823. The van der Waals surface area contributed by atoms with E-state index < -0.39 is 0 Å². The van der Waals surface area contributed by atoms with Crippen LogP contribution in [0.5, 0.6) is 0 Å². The lowest BCUT2D eigenvalue weighted by Crippen LogP contribution is -2.43. The molecule has 110 valence electrons. The highest BCUT2D eigenvalue weighted by molar-refractivity contribution is 5.82. The Morgan fingerprint density at radius 2 is 1.84 bits per heavy atom. The molecule has 2 rings (SSSR count). The van der Waals surface area contributed by atoms with Gasteiger partial charge >= 0.3 is 0 Å². The molecule has 0 radical (unpaired) electrons. The molecule has 3 nitrogen and oxygen atoms in total.